The molecule has 4 nitrogen and oxygen atoms in total. The van der Waals surface area contributed by atoms with E-state index in [1.165, 1.54) is 0 Å². The van der Waals surface area contributed by atoms with Crippen molar-refractivity contribution in [2.75, 3.05) is 28.2 Å². The van der Waals surface area contributed by atoms with E-state index in [1.807, 2.05) is 37.9 Å². The van der Waals surface area contributed by atoms with Crippen LogP contribution in [0.3, 0.4) is 0 Å². The molecular formula is C7H18N4. The lowest BCUT2D eigenvalue weighted by molar-refractivity contribution is 0.352. The van der Waals surface area contributed by atoms with Crippen LogP contribution in [0.25, 0.3) is 0 Å². The fourth-order valence-corrected chi connectivity index (χ4v) is 0.855. The van der Waals surface area contributed by atoms with Gasteiger partial charge in [-0.2, -0.15) is 0 Å². The lowest BCUT2D eigenvalue weighted by Gasteiger charge is -2.28. The molecule has 0 aliphatic carbocycles. The highest BCUT2D eigenvalue weighted by atomic mass is 15.4. The summed E-state index contributed by atoms with van der Waals surface area (Å²) in [5.41, 5.74) is 5.67. The molecule has 0 saturated carbocycles. The van der Waals surface area contributed by atoms with Crippen LogP contribution in [0.4, 0.5) is 0 Å². The molecule has 0 amide bonds. The first-order chi connectivity index (χ1) is 5.00. The molecule has 0 aromatic rings. The number of hydrogen-bond donors (Lipinski definition) is 1. The summed E-state index contributed by atoms with van der Waals surface area (Å²) in [7, 11) is 7.57. The molecule has 0 aliphatic rings. The average Bonchev–Trinajstić information content (AvgIpc) is 1.88. The predicted octanol–water partition coefficient (Wildman–Crippen LogP) is -0.230. The summed E-state index contributed by atoms with van der Waals surface area (Å²) in [6.45, 7) is 1.93. The first kappa shape index (κ1) is 10.2. The van der Waals surface area contributed by atoms with Crippen molar-refractivity contribution in [3.8, 4) is 0 Å². The van der Waals surface area contributed by atoms with E-state index in [0.29, 0.717) is 0 Å². The van der Waals surface area contributed by atoms with E-state index in [-0.39, 0.29) is 6.17 Å². The molecule has 1 atom stereocenters. The maximum Gasteiger partial charge on any atom is 0.196 e. The number of hydrogen-bond acceptors (Lipinski definition) is 2. The smallest absolute Gasteiger partial charge is 0.196 e. The van der Waals surface area contributed by atoms with Crippen molar-refractivity contribution in [2.24, 2.45) is 10.7 Å². The Balaban J connectivity index is 4.28. The Morgan fingerprint density at radius 1 is 1.36 bits per heavy atom. The number of aliphatic imine (C=N–C) groups is 1. The molecule has 0 bridgehead atoms. The maximum absolute atomic E-state index is 5.67. The molecule has 0 aromatic heterocycles. The molecule has 0 aliphatic heterocycles. The van der Waals surface area contributed by atoms with Crippen molar-refractivity contribution in [2.45, 2.75) is 13.1 Å². The topological polar surface area (TPSA) is 44.9 Å². The van der Waals surface area contributed by atoms with Crippen LogP contribution in [0.2, 0.25) is 0 Å². The predicted molar refractivity (Wildman–Crippen MR) is 48.5 cm³/mol. The molecule has 66 valence electrons. The lowest BCUT2D eigenvalue weighted by Crippen LogP contribution is -2.46. The van der Waals surface area contributed by atoms with E-state index < -0.39 is 0 Å². The Morgan fingerprint density at radius 3 is 1.91 bits per heavy atom. The summed E-state index contributed by atoms with van der Waals surface area (Å²) >= 11 is 0. The van der Waals surface area contributed by atoms with Crippen LogP contribution < -0.4 is 5.73 Å². The standard InChI is InChI=1S/C7H18N4/c1-6(8)11(5)7(9-2)10(3)4/h6H,8H2,1-5H3. The Morgan fingerprint density at radius 2 is 1.82 bits per heavy atom. The van der Waals surface area contributed by atoms with E-state index in [0.717, 1.165) is 5.96 Å². The van der Waals surface area contributed by atoms with Gasteiger partial charge in [-0.25, -0.2) is 0 Å². The first-order valence-electron chi connectivity index (χ1n) is 3.63. The Hall–Kier alpha value is -0.770. The Labute approximate surface area is 68.7 Å². The second-order valence-electron chi connectivity index (χ2n) is 2.77. The minimum atomic E-state index is -0.00361. The van der Waals surface area contributed by atoms with E-state index in [1.54, 1.807) is 7.05 Å². The molecular weight excluding hydrogens is 140 g/mol. The van der Waals surface area contributed by atoms with Gasteiger partial charge >= 0.3 is 0 Å². The quantitative estimate of drug-likeness (QED) is 0.326. The maximum atomic E-state index is 5.67. The van der Waals surface area contributed by atoms with Crippen molar-refractivity contribution < 1.29 is 0 Å². The highest BCUT2D eigenvalue weighted by molar-refractivity contribution is 5.79. The molecule has 0 spiro atoms. The van der Waals surface area contributed by atoms with Crippen LogP contribution in [0, 0.1) is 0 Å². The average molecular weight is 158 g/mol. The van der Waals surface area contributed by atoms with Gasteiger partial charge in [0.05, 0.1) is 6.17 Å². The van der Waals surface area contributed by atoms with E-state index >= 15 is 0 Å². The molecule has 0 fully saturated rings. The van der Waals surface area contributed by atoms with Crippen molar-refractivity contribution in [1.29, 1.82) is 0 Å². The molecule has 11 heavy (non-hydrogen) atoms. The van der Waals surface area contributed by atoms with E-state index in [4.69, 9.17) is 5.73 Å². The zero-order valence-corrected chi connectivity index (χ0v) is 8.00. The van der Waals surface area contributed by atoms with Gasteiger partial charge in [-0.3, -0.25) is 4.99 Å². The van der Waals surface area contributed by atoms with Gasteiger partial charge in [0.2, 0.25) is 0 Å². The first-order valence-corrected chi connectivity index (χ1v) is 3.63. The minimum absolute atomic E-state index is 0.00361. The van der Waals surface area contributed by atoms with Crippen LogP contribution in [-0.4, -0.2) is 50.1 Å². The highest BCUT2D eigenvalue weighted by Gasteiger charge is 2.10. The fraction of sp³-hybridized carbons (Fsp3) is 0.857. The summed E-state index contributed by atoms with van der Waals surface area (Å²) in [5, 5.41) is 0. The molecule has 0 radical (unpaired) electrons. The number of nitrogens with zero attached hydrogens (tertiary/aromatic N) is 3. The van der Waals surface area contributed by atoms with E-state index in [9.17, 15) is 0 Å². The van der Waals surface area contributed by atoms with E-state index in [2.05, 4.69) is 4.99 Å². The largest absolute Gasteiger partial charge is 0.349 e. The second kappa shape index (κ2) is 4.18. The molecule has 0 rings (SSSR count). The summed E-state index contributed by atoms with van der Waals surface area (Å²) in [4.78, 5) is 7.95. The number of rotatable bonds is 1. The monoisotopic (exact) mass is 158 g/mol. The van der Waals surface area contributed by atoms with Gasteiger partial charge in [0, 0.05) is 28.2 Å². The number of nitrogens with two attached hydrogens (primary N) is 1. The third kappa shape index (κ3) is 2.76. The van der Waals surface area contributed by atoms with Crippen molar-refractivity contribution in [3.63, 3.8) is 0 Å². The fourth-order valence-electron chi connectivity index (χ4n) is 0.855. The molecule has 0 heterocycles. The van der Waals surface area contributed by atoms with Crippen LogP contribution in [0.1, 0.15) is 6.92 Å². The van der Waals surface area contributed by atoms with Gasteiger partial charge in [0.15, 0.2) is 5.96 Å². The van der Waals surface area contributed by atoms with Crippen molar-refractivity contribution >= 4 is 5.96 Å². The van der Waals surface area contributed by atoms with Gasteiger partial charge in [0.1, 0.15) is 0 Å². The van der Waals surface area contributed by atoms with Crippen molar-refractivity contribution in [3.05, 3.63) is 0 Å². The van der Waals surface area contributed by atoms with Gasteiger partial charge < -0.3 is 15.5 Å². The van der Waals surface area contributed by atoms with Crippen LogP contribution in [0.5, 0.6) is 0 Å². The van der Waals surface area contributed by atoms with Crippen LogP contribution in [-0.2, 0) is 0 Å². The van der Waals surface area contributed by atoms with Gasteiger partial charge in [-0.05, 0) is 6.92 Å². The summed E-state index contributed by atoms with van der Waals surface area (Å²) in [6, 6.07) is 0. The Kier molecular flexibility index (Phi) is 3.89. The summed E-state index contributed by atoms with van der Waals surface area (Å²) in [5.74, 6) is 0.889. The third-order valence-electron chi connectivity index (χ3n) is 1.53. The molecule has 0 saturated heterocycles. The number of guanidine groups is 1. The molecule has 0 aromatic carbocycles. The highest BCUT2D eigenvalue weighted by Crippen LogP contribution is 1.93. The third-order valence-corrected chi connectivity index (χ3v) is 1.53. The van der Waals surface area contributed by atoms with Crippen LogP contribution in [0.15, 0.2) is 4.99 Å². The second-order valence-corrected chi connectivity index (χ2v) is 2.77. The van der Waals surface area contributed by atoms with Gasteiger partial charge in [-0.1, -0.05) is 0 Å². The van der Waals surface area contributed by atoms with Gasteiger partial charge in [0.25, 0.3) is 0 Å². The SMILES string of the molecule is CN=C(N(C)C)N(C)C(C)N. The Bertz CT molecular complexity index is 139. The van der Waals surface area contributed by atoms with Crippen LogP contribution >= 0.6 is 0 Å². The molecule has 2 N–H and O–H groups in total. The van der Waals surface area contributed by atoms with Crippen molar-refractivity contribution in [1.82, 2.24) is 9.80 Å². The normalized spacial score (nSPS) is 14.5. The summed E-state index contributed by atoms with van der Waals surface area (Å²) < 4.78 is 0. The van der Waals surface area contributed by atoms with Gasteiger partial charge in [-0.15, -0.1) is 0 Å². The zero-order chi connectivity index (χ0) is 9.02. The zero-order valence-electron chi connectivity index (χ0n) is 8.00. The molecule has 4 heteroatoms. The minimum Gasteiger partial charge on any atom is -0.349 e. The molecule has 1 unspecified atom stereocenters. The lowest BCUT2D eigenvalue weighted by atomic mass is 10.5. The summed E-state index contributed by atoms with van der Waals surface area (Å²) in [6.07, 6.45) is -0.00361.